The zero-order valence-electron chi connectivity index (χ0n) is 26.5. The second-order valence-electron chi connectivity index (χ2n) is 12.8. The summed E-state index contributed by atoms with van der Waals surface area (Å²) < 4.78 is 38.3. The van der Waals surface area contributed by atoms with Crippen LogP contribution in [-0.4, -0.2) is 64.4 Å². The first kappa shape index (κ1) is 34.5. The third-order valence-corrected chi connectivity index (χ3v) is 11.6. The van der Waals surface area contributed by atoms with Gasteiger partial charge in [-0.2, -0.15) is 0 Å². The molecule has 240 valence electrons. The minimum atomic E-state index is -1.90. The van der Waals surface area contributed by atoms with Crippen molar-refractivity contribution in [3.05, 3.63) is 42.5 Å². The summed E-state index contributed by atoms with van der Waals surface area (Å²) >= 11 is 6.65. The number of hydrogen-bond acceptors (Lipinski definition) is 6. The van der Waals surface area contributed by atoms with Gasteiger partial charge in [0.05, 0.1) is 17.6 Å². The largest absolute Gasteiger partial charge is 0.491 e. The van der Waals surface area contributed by atoms with Crippen LogP contribution in [0.4, 0.5) is 0 Å². The summed E-state index contributed by atoms with van der Waals surface area (Å²) in [6.45, 7) is 8.75. The van der Waals surface area contributed by atoms with Gasteiger partial charge in [-0.1, -0.05) is 56.0 Å². The van der Waals surface area contributed by atoms with Crippen molar-refractivity contribution in [1.29, 1.82) is 0 Å². The molecule has 0 N–H and O–H groups in total. The van der Waals surface area contributed by atoms with Crippen LogP contribution < -0.4 is 4.74 Å². The maximum atomic E-state index is 7.02. The zero-order valence-corrected chi connectivity index (χ0v) is 28.2. The lowest BCUT2D eigenvalue weighted by Crippen LogP contribution is -2.38. The molecule has 0 radical (unpaired) electrons. The second-order valence-corrected chi connectivity index (χ2v) is 17.6. The predicted octanol–water partition coefficient (Wildman–Crippen LogP) is 8.10. The summed E-state index contributed by atoms with van der Waals surface area (Å²) in [5, 5.41) is -0.374. The van der Waals surface area contributed by atoms with E-state index in [2.05, 4.69) is 38.1 Å². The van der Waals surface area contributed by atoms with Crippen molar-refractivity contribution >= 4 is 19.9 Å². The van der Waals surface area contributed by atoms with E-state index >= 15 is 0 Å². The summed E-state index contributed by atoms with van der Waals surface area (Å²) in [5.41, 5.74) is 0. The number of halogens is 1. The smallest absolute Gasteiger partial charge is 0.187 e. The molecule has 1 saturated carbocycles. The van der Waals surface area contributed by atoms with Gasteiger partial charge in [-0.15, -0.1) is 18.0 Å². The van der Waals surface area contributed by atoms with Gasteiger partial charge in [0.15, 0.2) is 20.9 Å². The highest BCUT2D eigenvalue weighted by Gasteiger charge is 2.47. The Kier molecular flexibility index (Phi) is 14.4. The van der Waals surface area contributed by atoms with Crippen LogP contribution >= 0.6 is 11.6 Å². The van der Waals surface area contributed by atoms with E-state index in [0.717, 1.165) is 70.0 Å². The molecular formula is C35H53ClO6Si. The van der Waals surface area contributed by atoms with Gasteiger partial charge in [0.25, 0.3) is 0 Å². The molecule has 3 fully saturated rings. The van der Waals surface area contributed by atoms with E-state index in [9.17, 15) is 0 Å². The Morgan fingerprint density at radius 2 is 1.77 bits per heavy atom. The Labute approximate surface area is 266 Å². The van der Waals surface area contributed by atoms with Crippen LogP contribution in [0.5, 0.6) is 5.75 Å². The fraction of sp³-hybridized carbons (Fsp3) is 0.714. The molecule has 2 saturated heterocycles. The average Bonchev–Trinajstić information content (AvgIpc) is 3.32. The van der Waals surface area contributed by atoms with Gasteiger partial charge in [0.1, 0.15) is 18.5 Å². The minimum absolute atomic E-state index is 0.0259. The van der Waals surface area contributed by atoms with Crippen LogP contribution in [0.2, 0.25) is 19.1 Å². The van der Waals surface area contributed by atoms with Gasteiger partial charge in [0.2, 0.25) is 0 Å². The zero-order chi connectivity index (χ0) is 30.5. The third kappa shape index (κ3) is 11.5. The van der Waals surface area contributed by atoms with Crippen molar-refractivity contribution in [2.45, 2.75) is 127 Å². The lowest BCUT2D eigenvalue weighted by Gasteiger charge is -2.32. The number of alkyl halides is 1. The number of unbranched alkanes of at least 4 members (excludes halogenated alkanes) is 1. The van der Waals surface area contributed by atoms with Crippen molar-refractivity contribution < 1.29 is 28.1 Å². The van der Waals surface area contributed by atoms with Gasteiger partial charge in [-0.3, -0.25) is 0 Å². The lowest BCUT2D eigenvalue weighted by atomic mass is 9.88. The summed E-state index contributed by atoms with van der Waals surface area (Å²) in [6.07, 6.45) is 19.4. The number of terminal acetylenes is 1. The molecule has 0 spiro atoms. The summed E-state index contributed by atoms with van der Waals surface area (Å²) in [4.78, 5) is 0. The first-order chi connectivity index (χ1) is 20.9. The molecule has 0 amide bonds. The maximum absolute atomic E-state index is 7.02. The van der Waals surface area contributed by atoms with Gasteiger partial charge in [-0.05, 0) is 88.6 Å². The molecule has 8 heteroatoms. The summed E-state index contributed by atoms with van der Waals surface area (Å²) in [6, 6.07) is 11.0. The SMILES string of the molecule is C#C[C@@H](Cl)CC1C(O[Si](C)(C)CCCC)CC(OC2CCCCO2)C1C=CC(COc1ccccc1)OC1CCCCO1. The molecule has 0 bridgehead atoms. The Bertz CT molecular complexity index is 988. The third-order valence-electron chi connectivity index (χ3n) is 8.76. The second kappa shape index (κ2) is 17.9. The van der Waals surface area contributed by atoms with Crippen LogP contribution in [0.3, 0.4) is 0 Å². The maximum Gasteiger partial charge on any atom is 0.187 e. The first-order valence-electron chi connectivity index (χ1n) is 16.5. The number of rotatable bonds is 16. The Balaban J connectivity index is 1.57. The highest BCUT2D eigenvalue weighted by atomic mass is 35.5. The van der Waals surface area contributed by atoms with Crippen molar-refractivity contribution in [3.8, 4) is 18.1 Å². The van der Waals surface area contributed by atoms with Crippen molar-refractivity contribution in [2.24, 2.45) is 11.8 Å². The molecule has 4 rings (SSSR count). The number of ether oxygens (including phenoxy) is 5. The quantitative estimate of drug-likeness (QED) is 0.0794. The highest BCUT2D eigenvalue weighted by molar-refractivity contribution is 6.71. The fourth-order valence-corrected chi connectivity index (χ4v) is 9.05. The molecule has 43 heavy (non-hydrogen) atoms. The van der Waals surface area contributed by atoms with Crippen molar-refractivity contribution in [1.82, 2.24) is 0 Å². The van der Waals surface area contributed by atoms with E-state index < -0.39 is 8.32 Å². The van der Waals surface area contributed by atoms with Gasteiger partial charge in [-0.25, -0.2) is 0 Å². The normalized spacial score (nSPS) is 29.7. The number of benzene rings is 1. The van der Waals surface area contributed by atoms with E-state index in [4.69, 9.17) is 46.1 Å². The lowest BCUT2D eigenvalue weighted by molar-refractivity contribution is -0.193. The van der Waals surface area contributed by atoms with E-state index in [0.29, 0.717) is 13.0 Å². The molecule has 2 aliphatic heterocycles. The van der Waals surface area contributed by atoms with Crippen LogP contribution in [0.15, 0.2) is 42.5 Å². The Morgan fingerprint density at radius 1 is 1.05 bits per heavy atom. The first-order valence-corrected chi connectivity index (χ1v) is 20.1. The molecule has 1 aromatic carbocycles. The van der Waals surface area contributed by atoms with E-state index in [1.54, 1.807) is 0 Å². The predicted molar refractivity (Wildman–Crippen MR) is 175 cm³/mol. The van der Waals surface area contributed by atoms with Crippen LogP contribution in [0.1, 0.15) is 71.1 Å². The Morgan fingerprint density at radius 3 is 2.42 bits per heavy atom. The van der Waals surface area contributed by atoms with E-state index in [1.807, 2.05) is 30.3 Å². The summed E-state index contributed by atoms with van der Waals surface area (Å²) in [5.74, 6) is 3.74. The summed E-state index contributed by atoms with van der Waals surface area (Å²) in [7, 11) is -1.90. The topological polar surface area (TPSA) is 55.4 Å². The molecule has 1 aromatic rings. The molecule has 3 aliphatic rings. The molecule has 6 nitrogen and oxygen atoms in total. The number of hydrogen-bond donors (Lipinski definition) is 0. The van der Waals surface area contributed by atoms with E-state index in [-0.39, 0.29) is 48.1 Å². The minimum Gasteiger partial charge on any atom is -0.491 e. The van der Waals surface area contributed by atoms with E-state index in [1.165, 1.54) is 12.8 Å². The van der Waals surface area contributed by atoms with Crippen LogP contribution in [-0.2, 0) is 23.4 Å². The highest BCUT2D eigenvalue weighted by Crippen LogP contribution is 2.43. The Hall–Kier alpha value is -1.37. The number of para-hydroxylation sites is 1. The average molecular weight is 633 g/mol. The van der Waals surface area contributed by atoms with Crippen molar-refractivity contribution in [2.75, 3.05) is 19.8 Å². The molecule has 1 aliphatic carbocycles. The standard InChI is InChI=1S/C35H53ClO6Si/c1-5-7-23-43(3,4)42-33-25-32(41-35-18-12-14-22-38-35)30(31(33)24-27(36)6-2)20-19-29(40-34-17-11-13-21-37-34)26-39-28-15-9-8-10-16-28/h2,8-10,15-16,19-20,27,29-35H,5,7,11-14,17-18,21-26H2,1,3-4H3/t27-,29?,30?,31?,32?,33?,34?,35?/m1/s1. The fourth-order valence-electron chi connectivity index (χ4n) is 6.43. The van der Waals surface area contributed by atoms with Crippen LogP contribution in [0, 0.1) is 24.2 Å². The monoisotopic (exact) mass is 632 g/mol. The van der Waals surface area contributed by atoms with Gasteiger partial charge in [0, 0.05) is 19.1 Å². The molecular weight excluding hydrogens is 580 g/mol. The molecule has 0 aromatic heterocycles. The molecule has 7 unspecified atom stereocenters. The molecule has 8 atom stereocenters. The van der Waals surface area contributed by atoms with Gasteiger partial charge >= 0.3 is 0 Å². The van der Waals surface area contributed by atoms with Crippen LogP contribution in [0.25, 0.3) is 0 Å². The molecule has 2 heterocycles. The van der Waals surface area contributed by atoms with Gasteiger partial charge < -0.3 is 28.1 Å². The van der Waals surface area contributed by atoms with Crippen molar-refractivity contribution in [3.63, 3.8) is 0 Å².